The minimum atomic E-state index is -1.11. The fraction of sp³-hybridized carbons (Fsp3) is 0.438. The van der Waals surface area contributed by atoms with Crippen molar-refractivity contribution in [1.82, 2.24) is 15.0 Å². The van der Waals surface area contributed by atoms with Gasteiger partial charge in [0.2, 0.25) is 5.91 Å². The van der Waals surface area contributed by atoms with Gasteiger partial charge in [-0.3, -0.25) is 19.3 Å². The van der Waals surface area contributed by atoms with Gasteiger partial charge in [0, 0.05) is 17.8 Å². The molecule has 0 spiro atoms. The Morgan fingerprint density at radius 2 is 1.55 bits per heavy atom. The van der Waals surface area contributed by atoms with E-state index in [1.165, 1.54) is 29.2 Å². The van der Waals surface area contributed by atoms with Crippen LogP contribution >= 0.6 is 11.5 Å². The van der Waals surface area contributed by atoms with Crippen LogP contribution in [0.2, 0.25) is 0 Å². The smallest absolute Gasteiger partial charge is 0.273 e. The van der Waals surface area contributed by atoms with Crippen molar-refractivity contribution >= 4 is 40.6 Å². The Morgan fingerprint density at radius 1 is 0.929 bits per heavy atom. The van der Waals surface area contributed by atoms with Gasteiger partial charge in [-0.25, -0.2) is 4.39 Å². The van der Waals surface area contributed by atoms with Crippen LogP contribution in [0.1, 0.15) is 101 Å². The quantitative estimate of drug-likeness (QED) is 0.298. The number of nitrogens with one attached hydrogen (secondary N) is 2. The van der Waals surface area contributed by atoms with Crippen LogP contribution in [0.3, 0.4) is 0 Å². The third kappa shape index (κ3) is 6.48. The molecule has 222 valence electrons. The Balaban J connectivity index is 1.56. The number of benzene rings is 2. The molecule has 42 heavy (non-hydrogen) atoms. The summed E-state index contributed by atoms with van der Waals surface area (Å²) >= 11 is 0.849. The highest BCUT2D eigenvalue weighted by atomic mass is 32.1. The molecule has 0 saturated heterocycles. The topological polar surface area (TPSA) is 117 Å². The molecule has 2 aromatic carbocycles. The van der Waals surface area contributed by atoms with Gasteiger partial charge in [-0.15, -0.1) is 0 Å². The maximum Gasteiger partial charge on any atom is 0.273 e. The predicted molar refractivity (Wildman–Crippen MR) is 163 cm³/mol. The van der Waals surface area contributed by atoms with Gasteiger partial charge in [-0.05, 0) is 86.0 Å². The number of hydrogen-bond donors (Lipinski definition) is 3. The molecule has 2 aliphatic carbocycles. The Kier molecular flexibility index (Phi) is 9.21. The first-order chi connectivity index (χ1) is 20.2. The third-order valence-electron chi connectivity index (χ3n) is 8.31. The first-order valence-electron chi connectivity index (χ1n) is 14.8. The molecule has 0 bridgehead atoms. The van der Waals surface area contributed by atoms with E-state index >= 15 is 0 Å². The summed E-state index contributed by atoms with van der Waals surface area (Å²) in [6, 6.07) is 10.2. The van der Waals surface area contributed by atoms with Gasteiger partial charge in [0.05, 0.1) is 5.69 Å². The number of aromatic nitrogens is 1. The van der Waals surface area contributed by atoms with Crippen molar-refractivity contribution in [2.45, 2.75) is 89.8 Å². The number of hydrogen-bond acceptors (Lipinski definition) is 6. The molecule has 5 rings (SSSR count). The molecule has 8 nitrogen and oxygen atoms in total. The van der Waals surface area contributed by atoms with Gasteiger partial charge in [-0.2, -0.15) is 4.37 Å². The highest BCUT2D eigenvalue weighted by Gasteiger charge is 2.38. The maximum absolute atomic E-state index is 14.5. The molecule has 0 radical (unpaired) electrons. The highest BCUT2D eigenvalue weighted by Crippen LogP contribution is 2.36. The van der Waals surface area contributed by atoms with Crippen LogP contribution < -0.4 is 21.3 Å². The Morgan fingerprint density at radius 3 is 2.21 bits per heavy atom. The molecule has 10 heteroatoms. The minimum absolute atomic E-state index is 0.000401. The van der Waals surface area contributed by atoms with Gasteiger partial charge in [0.25, 0.3) is 11.8 Å². The summed E-state index contributed by atoms with van der Waals surface area (Å²) in [5, 5.41) is 6.15. The van der Waals surface area contributed by atoms with E-state index in [9.17, 15) is 18.8 Å². The van der Waals surface area contributed by atoms with E-state index in [1.807, 2.05) is 32.0 Å². The molecule has 3 aromatic rings. The Bertz CT molecular complexity index is 1440. The van der Waals surface area contributed by atoms with E-state index in [-0.39, 0.29) is 34.2 Å². The molecular weight excluding hydrogens is 553 g/mol. The van der Waals surface area contributed by atoms with Crippen molar-refractivity contribution in [1.29, 1.82) is 0 Å². The third-order valence-corrected chi connectivity index (χ3v) is 9.17. The average Bonchev–Trinajstić information content (AvgIpc) is 3.63. The molecule has 0 aliphatic heterocycles. The lowest BCUT2D eigenvalue weighted by molar-refractivity contribution is -0.123. The number of nitrogen functional groups attached to an aromatic ring is 1. The second-order valence-corrected chi connectivity index (χ2v) is 12.3. The number of aryl methyl sites for hydroxylation is 2. The first-order valence-corrected chi connectivity index (χ1v) is 15.5. The minimum Gasteiger partial charge on any atom is -0.395 e. The van der Waals surface area contributed by atoms with Gasteiger partial charge in [-0.1, -0.05) is 56.4 Å². The Labute approximate surface area is 250 Å². The van der Waals surface area contributed by atoms with E-state index in [4.69, 9.17) is 5.73 Å². The van der Waals surface area contributed by atoms with Crippen LogP contribution in [-0.4, -0.2) is 34.2 Å². The number of rotatable bonds is 8. The summed E-state index contributed by atoms with van der Waals surface area (Å²) in [6.07, 6.45) is 8.83. The summed E-state index contributed by atoms with van der Waals surface area (Å²) in [5.74, 6) is -1.76. The number of nitrogens with two attached hydrogens (primary N) is 1. The molecule has 1 unspecified atom stereocenters. The fourth-order valence-corrected chi connectivity index (χ4v) is 6.72. The van der Waals surface area contributed by atoms with E-state index < -0.39 is 23.7 Å². The van der Waals surface area contributed by atoms with Crippen LogP contribution in [-0.2, 0) is 4.79 Å². The van der Waals surface area contributed by atoms with E-state index in [1.54, 1.807) is 0 Å². The summed E-state index contributed by atoms with van der Waals surface area (Å²) in [6.45, 7) is 3.77. The summed E-state index contributed by atoms with van der Waals surface area (Å²) < 4.78 is 18.3. The average molecular weight is 592 g/mol. The Hall–Kier alpha value is -3.79. The monoisotopic (exact) mass is 591 g/mol. The summed E-state index contributed by atoms with van der Waals surface area (Å²) in [4.78, 5) is 43.2. The standard InChI is InChI=1S/C32H38FN5O3S/c1-19-12-13-20(2)25(18-19)38(28(21-14-16-22(33)17-15-21)31(40)36-24-10-6-7-11-24)32(41)29-26(34)27(37-42-29)30(39)35-23-8-4-3-5-9-23/h12-18,23-24,28H,3-11,34H2,1-2H3,(H,35,39)(H,36,40). The lowest BCUT2D eigenvalue weighted by atomic mass is 9.95. The van der Waals surface area contributed by atoms with Crippen LogP contribution in [0.15, 0.2) is 42.5 Å². The zero-order valence-corrected chi connectivity index (χ0v) is 24.9. The molecular formula is C32H38FN5O3S. The molecule has 4 N–H and O–H groups in total. The van der Waals surface area contributed by atoms with Crippen molar-refractivity contribution in [2.75, 3.05) is 10.6 Å². The predicted octanol–water partition coefficient (Wildman–Crippen LogP) is 5.99. The molecule has 1 aromatic heterocycles. The molecule has 1 heterocycles. The van der Waals surface area contributed by atoms with E-state index in [2.05, 4.69) is 15.0 Å². The van der Waals surface area contributed by atoms with Crippen molar-refractivity contribution in [3.63, 3.8) is 0 Å². The number of halogens is 1. The van der Waals surface area contributed by atoms with Gasteiger partial charge in [0.1, 0.15) is 16.7 Å². The van der Waals surface area contributed by atoms with Crippen LogP contribution in [0.25, 0.3) is 0 Å². The number of amides is 3. The van der Waals surface area contributed by atoms with Gasteiger partial charge < -0.3 is 16.4 Å². The second-order valence-electron chi connectivity index (χ2n) is 11.5. The molecule has 2 aliphatic rings. The number of anilines is 2. The van der Waals surface area contributed by atoms with Crippen molar-refractivity contribution < 1.29 is 18.8 Å². The zero-order valence-electron chi connectivity index (χ0n) is 24.1. The normalized spacial score (nSPS) is 16.6. The summed E-state index contributed by atoms with van der Waals surface area (Å²) in [5.41, 5.74) is 9.11. The first kappa shape index (κ1) is 29.7. The zero-order chi connectivity index (χ0) is 29.8. The number of carbonyl (C=O) groups excluding carboxylic acids is 3. The fourth-order valence-electron chi connectivity index (χ4n) is 5.98. The van der Waals surface area contributed by atoms with Crippen molar-refractivity contribution in [2.24, 2.45) is 0 Å². The lowest BCUT2D eigenvalue weighted by Gasteiger charge is -2.33. The van der Waals surface area contributed by atoms with E-state index in [0.29, 0.717) is 11.3 Å². The molecule has 3 amide bonds. The second kappa shape index (κ2) is 13.0. The van der Waals surface area contributed by atoms with Crippen molar-refractivity contribution in [3.05, 3.63) is 75.5 Å². The van der Waals surface area contributed by atoms with Gasteiger partial charge >= 0.3 is 0 Å². The van der Waals surface area contributed by atoms with Crippen molar-refractivity contribution in [3.8, 4) is 0 Å². The number of nitrogens with zero attached hydrogens (tertiary/aromatic N) is 2. The number of carbonyl (C=O) groups is 3. The molecule has 2 saturated carbocycles. The molecule has 2 fully saturated rings. The molecule has 1 atom stereocenters. The lowest BCUT2D eigenvalue weighted by Crippen LogP contribution is -2.46. The highest BCUT2D eigenvalue weighted by molar-refractivity contribution is 7.09. The van der Waals surface area contributed by atoms with Crippen LogP contribution in [0.5, 0.6) is 0 Å². The SMILES string of the molecule is Cc1ccc(C)c(N(C(=O)c2snc(C(=O)NC3CCCCC3)c2N)C(C(=O)NC2CCCC2)c2ccc(F)cc2)c1. The van der Waals surface area contributed by atoms with Gasteiger partial charge in [0.15, 0.2) is 5.69 Å². The maximum atomic E-state index is 14.5. The summed E-state index contributed by atoms with van der Waals surface area (Å²) in [7, 11) is 0. The van der Waals surface area contributed by atoms with Crippen LogP contribution in [0.4, 0.5) is 15.8 Å². The largest absolute Gasteiger partial charge is 0.395 e. The van der Waals surface area contributed by atoms with E-state index in [0.717, 1.165) is 80.4 Å². The van der Waals surface area contributed by atoms with Crippen LogP contribution in [0, 0.1) is 19.7 Å².